The number of hydrogen-bond acceptors (Lipinski definition) is 4. The van der Waals surface area contributed by atoms with Crippen molar-refractivity contribution in [3.63, 3.8) is 0 Å². The molecule has 154 valence electrons. The van der Waals surface area contributed by atoms with Crippen LogP contribution in [0.15, 0.2) is 48.8 Å². The van der Waals surface area contributed by atoms with Gasteiger partial charge in [-0.05, 0) is 24.6 Å². The molecule has 5 nitrogen and oxygen atoms in total. The third-order valence-electron chi connectivity index (χ3n) is 4.07. The van der Waals surface area contributed by atoms with Crippen LogP contribution in [-0.4, -0.2) is 20.7 Å². The van der Waals surface area contributed by atoms with Crippen molar-refractivity contribution in [2.75, 3.05) is 0 Å². The van der Waals surface area contributed by atoms with E-state index in [0.29, 0.717) is 11.3 Å². The zero-order valence-corrected chi connectivity index (χ0v) is 18.3. The van der Waals surface area contributed by atoms with E-state index in [4.69, 9.17) is 5.26 Å². The smallest absolute Gasteiger partial charge is 0.159 e. The number of H-pyrrole nitrogens is 1. The highest BCUT2D eigenvalue weighted by atomic mass is 16.1. The Morgan fingerprint density at radius 3 is 2.13 bits per heavy atom. The maximum atomic E-state index is 11.4. The molecular weight excluding hydrogens is 372 g/mol. The van der Waals surface area contributed by atoms with Gasteiger partial charge in [0.1, 0.15) is 17.4 Å². The average molecular weight is 401 g/mol. The van der Waals surface area contributed by atoms with Crippen LogP contribution in [-0.2, 0) is 0 Å². The molecule has 0 saturated carbocycles. The van der Waals surface area contributed by atoms with E-state index in [-0.39, 0.29) is 5.78 Å². The fraction of sp³-hybridized carbons (Fsp3) is 0.280. The van der Waals surface area contributed by atoms with Crippen molar-refractivity contribution >= 4 is 27.7 Å². The van der Waals surface area contributed by atoms with Crippen molar-refractivity contribution in [1.82, 2.24) is 15.0 Å². The molecular formula is C25H28N4O. The first-order chi connectivity index (χ1) is 14.5. The summed E-state index contributed by atoms with van der Waals surface area (Å²) < 4.78 is 0. The van der Waals surface area contributed by atoms with Gasteiger partial charge in [-0.15, -0.1) is 0 Å². The maximum absolute atomic E-state index is 11.4. The number of carbonyl (C=O) groups is 1. The van der Waals surface area contributed by atoms with E-state index in [1.54, 1.807) is 25.4 Å². The number of nitriles is 1. The Morgan fingerprint density at radius 1 is 0.933 bits per heavy atom. The number of fused-ring (bicyclic) bond motifs is 3. The van der Waals surface area contributed by atoms with Gasteiger partial charge in [0.15, 0.2) is 5.78 Å². The van der Waals surface area contributed by atoms with Gasteiger partial charge in [0.05, 0.1) is 11.7 Å². The van der Waals surface area contributed by atoms with Crippen molar-refractivity contribution in [2.45, 2.75) is 47.5 Å². The lowest BCUT2D eigenvalue weighted by molar-refractivity contribution is 0.101. The highest BCUT2D eigenvalue weighted by molar-refractivity contribution is 6.07. The highest BCUT2D eigenvalue weighted by Crippen LogP contribution is 2.28. The molecule has 0 fully saturated rings. The zero-order chi connectivity index (χ0) is 22.1. The maximum Gasteiger partial charge on any atom is 0.159 e. The van der Waals surface area contributed by atoms with Crippen LogP contribution in [0.25, 0.3) is 33.1 Å². The molecule has 0 aliphatic heterocycles. The van der Waals surface area contributed by atoms with Crippen LogP contribution >= 0.6 is 0 Å². The third-order valence-corrected chi connectivity index (χ3v) is 4.07. The van der Waals surface area contributed by atoms with Gasteiger partial charge in [-0.1, -0.05) is 64.8 Å². The molecule has 4 rings (SSSR count). The van der Waals surface area contributed by atoms with Gasteiger partial charge in [0.25, 0.3) is 0 Å². The van der Waals surface area contributed by atoms with Gasteiger partial charge in [-0.2, -0.15) is 5.26 Å². The van der Waals surface area contributed by atoms with Gasteiger partial charge in [0, 0.05) is 28.1 Å². The van der Waals surface area contributed by atoms with Gasteiger partial charge < -0.3 is 4.98 Å². The van der Waals surface area contributed by atoms with Crippen molar-refractivity contribution in [3.05, 3.63) is 60.0 Å². The molecule has 3 heterocycles. The fourth-order valence-corrected chi connectivity index (χ4v) is 2.79. The van der Waals surface area contributed by atoms with Gasteiger partial charge >= 0.3 is 0 Å². The summed E-state index contributed by atoms with van der Waals surface area (Å²) in [6, 6.07) is 13.3. The topological polar surface area (TPSA) is 82.4 Å². The normalized spacial score (nSPS) is 9.87. The lowest BCUT2D eigenvalue weighted by Gasteiger charge is -2.03. The van der Waals surface area contributed by atoms with Crippen LogP contribution in [0.2, 0.25) is 0 Å². The Balaban J connectivity index is 0.000000480. The molecule has 0 radical (unpaired) electrons. The number of Topliss-reactive ketones (excluding diaryl/α,β-unsaturated/α-hetero) is 1. The molecule has 1 N–H and O–H groups in total. The predicted octanol–water partition coefficient (Wildman–Crippen LogP) is 6.68. The number of nitrogens with zero attached hydrogens (tertiary/aromatic N) is 3. The van der Waals surface area contributed by atoms with Gasteiger partial charge in [-0.3, -0.25) is 4.79 Å². The zero-order valence-electron chi connectivity index (χ0n) is 18.3. The fourth-order valence-electron chi connectivity index (χ4n) is 2.79. The summed E-state index contributed by atoms with van der Waals surface area (Å²) in [5.74, 6) is 0.0447. The second-order valence-electron chi connectivity index (χ2n) is 7.02. The molecule has 30 heavy (non-hydrogen) atoms. The lowest BCUT2D eigenvalue weighted by atomic mass is 10.0. The Morgan fingerprint density at radius 2 is 1.57 bits per heavy atom. The first kappa shape index (κ1) is 22.8. The predicted molar refractivity (Wildman–Crippen MR) is 123 cm³/mol. The molecule has 0 aliphatic rings. The summed E-state index contributed by atoms with van der Waals surface area (Å²) in [7, 11) is 0. The van der Waals surface area contributed by atoms with Crippen LogP contribution < -0.4 is 0 Å². The van der Waals surface area contributed by atoms with Crippen LogP contribution in [0.5, 0.6) is 0 Å². The number of hydrogen-bond donors (Lipinski definition) is 1. The summed E-state index contributed by atoms with van der Waals surface area (Å²) in [5, 5.41) is 10.9. The van der Waals surface area contributed by atoms with Crippen molar-refractivity contribution in [1.29, 1.82) is 5.26 Å². The minimum Gasteiger partial charge on any atom is -0.338 e. The van der Waals surface area contributed by atoms with Crippen LogP contribution in [0.1, 0.15) is 63.5 Å². The largest absolute Gasteiger partial charge is 0.338 e. The number of ketones is 1. The molecule has 0 bridgehead atoms. The van der Waals surface area contributed by atoms with E-state index in [9.17, 15) is 4.79 Å². The first-order valence-electron chi connectivity index (χ1n) is 10.3. The Kier molecular flexibility index (Phi) is 8.25. The Hall–Kier alpha value is -3.52. The number of aromatic amines is 1. The molecule has 0 spiro atoms. The summed E-state index contributed by atoms with van der Waals surface area (Å²) >= 11 is 0. The third kappa shape index (κ3) is 5.30. The number of aromatic nitrogens is 3. The average Bonchev–Trinajstić information content (AvgIpc) is 3.12. The van der Waals surface area contributed by atoms with Gasteiger partial charge in [0.2, 0.25) is 0 Å². The second kappa shape index (κ2) is 10.9. The highest BCUT2D eigenvalue weighted by Gasteiger charge is 2.09. The van der Waals surface area contributed by atoms with Crippen LogP contribution in [0.3, 0.4) is 0 Å². The Bertz CT molecular complexity index is 1170. The first-order valence-corrected chi connectivity index (χ1v) is 10.3. The quantitative estimate of drug-likeness (QED) is 0.380. The van der Waals surface area contributed by atoms with Crippen molar-refractivity contribution in [3.8, 4) is 17.2 Å². The molecule has 4 aromatic rings. The number of benzene rings is 1. The summed E-state index contributed by atoms with van der Waals surface area (Å²) in [6.07, 6.45) is 5.94. The van der Waals surface area contributed by atoms with Crippen molar-refractivity contribution in [2.24, 2.45) is 0 Å². The summed E-state index contributed by atoms with van der Waals surface area (Å²) in [5.41, 5.74) is 4.60. The Labute approximate surface area is 177 Å². The van der Waals surface area contributed by atoms with E-state index in [0.717, 1.165) is 33.1 Å². The number of pyridine rings is 2. The van der Waals surface area contributed by atoms with Crippen LogP contribution in [0, 0.1) is 11.3 Å². The number of nitrogens with one attached hydrogen (secondary N) is 1. The molecule has 0 unspecified atom stereocenters. The lowest BCUT2D eigenvalue weighted by Crippen LogP contribution is -1.91. The van der Waals surface area contributed by atoms with E-state index >= 15 is 0 Å². The van der Waals surface area contributed by atoms with E-state index in [1.165, 1.54) is 12.8 Å². The van der Waals surface area contributed by atoms with E-state index < -0.39 is 0 Å². The van der Waals surface area contributed by atoms with Gasteiger partial charge in [-0.25, -0.2) is 9.97 Å². The van der Waals surface area contributed by atoms with E-state index in [1.807, 2.05) is 30.3 Å². The number of carbonyl (C=O) groups excluding carboxylic acids is 1. The minimum absolute atomic E-state index is 0.0447. The molecule has 1 aromatic carbocycles. The summed E-state index contributed by atoms with van der Waals surface area (Å²) in [6.45, 7) is 10.1. The molecule has 5 heteroatoms. The monoisotopic (exact) mass is 400 g/mol. The molecule has 0 atom stereocenters. The molecule has 0 aliphatic carbocycles. The SMILES string of the molecule is CC(=O)c1ccc(-c2cnc3[nH]c4cnc(C#N)cc4c3c2)cc1.CCC.CCC. The molecule has 3 aromatic heterocycles. The number of rotatable bonds is 2. The second-order valence-corrected chi connectivity index (χ2v) is 7.02. The summed E-state index contributed by atoms with van der Waals surface area (Å²) in [4.78, 5) is 23.1. The molecule has 0 amide bonds. The van der Waals surface area contributed by atoms with Crippen molar-refractivity contribution < 1.29 is 4.79 Å². The van der Waals surface area contributed by atoms with E-state index in [2.05, 4.69) is 48.7 Å². The minimum atomic E-state index is 0.0447. The van der Waals surface area contributed by atoms with Crippen LogP contribution in [0.4, 0.5) is 0 Å². The molecule has 0 saturated heterocycles. The standard InChI is InChI=1S/C19H12N4O.2C3H8/c1-11(24)12-2-4-13(5-3-12)14-6-17-16-7-15(8-20)21-10-18(16)23-19(17)22-9-14;2*1-3-2/h2-7,9-10H,1H3,(H,22,23);2*3H2,1-2H3.